The lowest BCUT2D eigenvalue weighted by Crippen LogP contribution is -2.38. The predicted octanol–water partition coefficient (Wildman–Crippen LogP) is 2.57. The third-order valence-corrected chi connectivity index (χ3v) is 2.84. The van der Waals surface area contributed by atoms with Crippen LogP contribution in [0, 0.1) is 0 Å². The highest BCUT2D eigenvalue weighted by atomic mass is 79.9. The SMILES string of the molecule is COCC(CCBr)NC(=O)c1ccc(Br)o1. The highest BCUT2D eigenvalue weighted by Crippen LogP contribution is 2.14. The Morgan fingerprint density at radius 3 is 2.88 bits per heavy atom. The Balaban J connectivity index is 2.54. The number of carbonyl (C=O) groups excluding carboxylic acids is 1. The standard InChI is InChI=1S/C10H13Br2NO3/c1-15-6-7(4-5-11)13-10(14)8-2-3-9(12)16-8/h2-3,7H,4-6H2,1H3,(H,13,14). The summed E-state index contributed by atoms with van der Waals surface area (Å²) in [7, 11) is 1.61. The van der Waals surface area contributed by atoms with Gasteiger partial charge in [-0.25, -0.2) is 0 Å². The van der Waals surface area contributed by atoms with Gasteiger partial charge in [0.2, 0.25) is 0 Å². The van der Waals surface area contributed by atoms with Gasteiger partial charge in [0.25, 0.3) is 5.91 Å². The van der Waals surface area contributed by atoms with Gasteiger partial charge in [-0.3, -0.25) is 4.79 Å². The van der Waals surface area contributed by atoms with Gasteiger partial charge >= 0.3 is 0 Å². The maximum absolute atomic E-state index is 11.7. The van der Waals surface area contributed by atoms with Gasteiger partial charge in [0.05, 0.1) is 12.6 Å². The fourth-order valence-electron chi connectivity index (χ4n) is 1.22. The number of carbonyl (C=O) groups is 1. The second-order valence-corrected chi connectivity index (χ2v) is 4.78. The summed E-state index contributed by atoms with van der Waals surface area (Å²) in [5, 5.41) is 3.65. The van der Waals surface area contributed by atoms with Crippen LogP contribution in [-0.4, -0.2) is 31.0 Å². The zero-order chi connectivity index (χ0) is 12.0. The topological polar surface area (TPSA) is 51.5 Å². The first-order valence-electron chi connectivity index (χ1n) is 4.78. The number of methoxy groups -OCH3 is 1. The van der Waals surface area contributed by atoms with Gasteiger partial charge in [0.1, 0.15) is 0 Å². The quantitative estimate of drug-likeness (QED) is 0.799. The molecular formula is C10H13Br2NO3. The van der Waals surface area contributed by atoms with Crippen LogP contribution in [0.3, 0.4) is 0 Å². The molecule has 1 amide bonds. The molecule has 0 saturated carbocycles. The number of furan rings is 1. The molecule has 1 rings (SSSR count). The molecule has 4 nitrogen and oxygen atoms in total. The van der Waals surface area contributed by atoms with Crippen LogP contribution in [0.4, 0.5) is 0 Å². The van der Waals surface area contributed by atoms with Crippen molar-refractivity contribution in [1.82, 2.24) is 5.32 Å². The highest BCUT2D eigenvalue weighted by Gasteiger charge is 2.15. The van der Waals surface area contributed by atoms with Crippen molar-refractivity contribution in [3.8, 4) is 0 Å². The molecular weight excluding hydrogens is 342 g/mol. The Morgan fingerprint density at radius 2 is 2.38 bits per heavy atom. The minimum absolute atomic E-state index is 0.0132. The normalized spacial score (nSPS) is 12.4. The van der Waals surface area contributed by atoms with Crippen molar-refractivity contribution in [3.05, 3.63) is 22.6 Å². The van der Waals surface area contributed by atoms with Gasteiger partial charge in [0.15, 0.2) is 10.4 Å². The molecule has 90 valence electrons. The summed E-state index contributed by atoms with van der Waals surface area (Å²) in [6.07, 6.45) is 0.807. The van der Waals surface area contributed by atoms with Gasteiger partial charge in [-0.1, -0.05) is 15.9 Å². The first-order valence-corrected chi connectivity index (χ1v) is 6.70. The number of halogens is 2. The van der Waals surface area contributed by atoms with Gasteiger partial charge in [0, 0.05) is 12.4 Å². The molecule has 1 heterocycles. The summed E-state index contributed by atoms with van der Waals surface area (Å²) in [4.78, 5) is 11.7. The van der Waals surface area contributed by atoms with Gasteiger partial charge in [-0.15, -0.1) is 0 Å². The van der Waals surface area contributed by atoms with Crippen molar-refractivity contribution in [3.63, 3.8) is 0 Å². The van der Waals surface area contributed by atoms with E-state index in [2.05, 4.69) is 37.2 Å². The molecule has 1 unspecified atom stereocenters. The van der Waals surface area contributed by atoms with Gasteiger partial charge < -0.3 is 14.5 Å². The maximum Gasteiger partial charge on any atom is 0.287 e. The van der Waals surface area contributed by atoms with E-state index in [-0.39, 0.29) is 11.9 Å². The lowest BCUT2D eigenvalue weighted by molar-refractivity contribution is 0.0867. The summed E-state index contributed by atoms with van der Waals surface area (Å²) in [5.41, 5.74) is 0. The molecule has 0 bridgehead atoms. The lowest BCUT2D eigenvalue weighted by atomic mass is 10.2. The molecule has 0 radical (unpaired) electrons. The summed E-state index contributed by atoms with van der Waals surface area (Å²) >= 11 is 6.48. The molecule has 0 aliphatic rings. The molecule has 0 aromatic carbocycles. The second-order valence-electron chi connectivity index (χ2n) is 3.21. The number of ether oxygens (including phenoxy) is 1. The molecule has 16 heavy (non-hydrogen) atoms. The van der Waals surface area contributed by atoms with Crippen molar-refractivity contribution in [2.24, 2.45) is 0 Å². The van der Waals surface area contributed by atoms with Crippen LogP contribution in [0.5, 0.6) is 0 Å². The Kier molecular flexibility index (Phi) is 6.08. The van der Waals surface area contributed by atoms with Crippen molar-refractivity contribution < 1.29 is 13.9 Å². The van der Waals surface area contributed by atoms with E-state index in [0.717, 1.165) is 11.8 Å². The number of rotatable bonds is 6. The van der Waals surface area contributed by atoms with Crippen molar-refractivity contribution >= 4 is 37.8 Å². The second kappa shape index (κ2) is 7.09. The molecule has 0 saturated heterocycles. The molecule has 0 aliphatic carbocycles. The van der Waals surface area contributed by atoms with E-state index in [1.54, 1.807) is 19.2 Å². The van der Waals surface area contributed by atoms with Crippen LogP contribution in [0.25, 0.3) is 0 Å². The highest BCUT2D eigenvalue weighted by molar-refractivity contribution is 9.10. The summed E-state index contributed by atoms with van der Waals surface area (Å²) in [6, 6.07) is 3.29. The zero-order valence-corrected chi connectivity index (χ0v) is 12.0. The van der Waals surface area contributed by atoms with E-state index in [1.807, 2.05) is 0 Å². The number of hydrogen-bond acceptors (Lipinski definition) is 3. The average Bonchev–Trinajstić information content (AvgIpc) is 2.65. The van der Waals surface area contributed by atoms with E-state index in [1.165, 1.54) is 0 Å². The molecule has 0 aliphatic heterocycles. The first kappa shape index (κ1) is 13.7. The summed E-state index contributed by atoms with van der Waals surface area (Å²) in [5.74, 6) is 0.0660. The number of amides is 1. The Morgan fingerprint density at radius 1 is 1.62 bits per heavy atom. The zero-order valence-electron chi connectivity index (χ0n) is 8.83. The van der Waals surface area contributed by atoms with Crippen LogP contribution in [0.15, 0.2) is 21.2 Å². The summed E-state index contributed by atoms with van der Waals surface area (Å²) < 4.78 is 10.7. The van der Waals surface area contributed by atoms with Gasteiger partial charge in [-0.2, -0.15) is 0 Å². The molecule has 6 heteroatoms. The van der Waals surface area contributed by atoms with E-state index in [4.69, 9.17) is 9.15 Å². The van der Waals surface area contributed by atoms with Crippen molar-refractivity contribution in [2.45, 2.75) is 12.5 Å². The van der Waals surface area contributed by atoms with E-state index >= 15 is 0 Å². The van der Waals surface area contributed by atoms with Crippen molar-refractivity contribution in [1.29, 1.82) is 0 Å². The van der Waals surface area contributed by atoms with E-state index in [9.17, 15) is 4.79 Å². The Hall–Kier alpha value is -0.330. The van der Waals surface area contributed by atoms with Crippen LogP contribution in [0.1, 0.15) is 17.0 Å². The molecule has 1 aromatic rings. The third-order valence-electron chi connectivity index (χ3n) is 1.96. The molecule has 1 atom stereocenters. The molecule has 0 fully saturated rings. The molecule has 1 aromatic heterocycles. The predicted molar refractivity (Wildman–Crippen MR) is 67.9 cm³/mol. The fraction of sp³-hybridized carbons (Fsp3) is 0.500. The molecule has 0 spiro atoms. The monoisotopic (exact) mass is 353 g/mol. The average molecular weight is 355 g/mol. The van der Waals surface area contributed by atoms with Crippen molar-refractivity contribution in [2.75, 3.05) is 19.0 Å². The maximum atomic E-state index is 11.7. The minimum atomic E-state index is -0.228. The largest absolute Gasteiger partial charge is 0.444 e. The number of hydrogen-bond donors (Lipinski definition) is 1. The number of nitrogens with one attached hydrogen (secondary N) is 1. The van der Waals surface area contributed by atoms with E-state index < -0.39 is 0 Å². The Labute approximate surface area is 111 Å². The minimum Gasteiger partial charge on any atom is -0.444 e. The van der Waals surface area contributed by atoms with E-state index in [0.29, 0.717) is 17.0 Å². The molecule has 1 N–H and O–H groups in total. The first-order chi connectivity index (χ1) is 7.67. The van der Waals surface area contributed by atoms with Crippen LogP contribution < -0.4 is 5.32 Å². The van der Waals surface area contributed by atoms with Crippen LogP contribution in [0.2, 0.25) is 0 Å². The fourth-order valence-corrected chi connectivity index (χ4v) is 2.08. The summed E-state index contributed by atoms with van der Waals surface area (Å²) in [6.45, 7) is 0.485. The van der Waals surface area contributed by atoms with Crippen LogP contribution in [-0.2, 0) is 4.74 Å². The smallest absolute Gasteiger partial charge is 0.287 e. The number of alkyl halides is 1. The lowest BCUT2D eigenvalue weighted by Gasteiger charge is -2.15. The van der Waals surface area contributed by atoms with Crippen LogP contribution >= 0.6 is 31.9 Å². The third kappa shape index (κ3) is 4.27. The van der Waals surface area contributed by atoms with Gasteiger partial charge in [-0.05, 0) is 34.5 Å². The Bertz CT molecular complexity index is 335.